The summed E-state index contributed by atoms with van der Waals surface area (Å²) in [6.45, 7) is 1.23. The molecule has 0 unspecified atom stereocenters. The number of allylic oxidation sites excluding steroid dienone is 2. The van der Waals surface area contributed by atoms with Crippen LogP contribution in [0.3, 0.4) is 0 Å². The molecule has 2 rings (SSSR count). The van der Waals surface area contributed by atoms with Crippen molar-refractivity contribution in [1.29, 1.82) is 0 Å². The van der Waals surface area contributed by atoms with Gasteiger partial charge in [-0.05, 0) is 31.4 Å². The summed E-state index contributed by atoms with van der Waals surface area (Å²) in [7, 11) is 0. The Hall–Kier alpha value is -2.39. The normalized spacial score (nSPS) is 17.4. The Balaban J connectivity index is 1.40. The predicted octanol–water partition coefficient (Wildman–Crippen LogP) is 0.511. The van der Waals surface area contributed by atoms with Crippen molar-refractivity contribution in [3.8, 4) is 0 Å². The van der Waals surface area contributed by atoms with Crippen LogP contribution in [0.2, 0.25) is 0 Å². The third-order valence-electron chi connectivity index (χ3n) is 4.15. The molecule has 148 valence electrons. The molecule has 1 aliphatic carbocycles. The average molecular weight is 381 g/mol. The van der Waals surface area contributed by atoms with E-state index >= 15 is 0 Å². The molecule has 1 aliphatic heterocycles. The van der Waals surface area contributed by atoms with Crippen LogP contribution in [0.4, 0.5) is 0 Å². The van der Waals surface area contributed by atoms with Crippen LogP contribution in [0, 0.1) is 5.92 Å². The van der Waals surface area contributed by atoms with Crippen molar-refractivity contribution >= 4 is 29.4 Å². The van der Waals surface area contributed by atoms with Gasteiger partial charge in [-0.25, -0.2) is 4.79 Å². The SMILES string of the molecule is O=C(CCOCCOCCCCC1C(=O)C=CC1=O)ON1C(=O)CCC1=O. The van der Waals surface area contributed by atoms with E-state index in [4.69, 9.17) is 14.3 Å². The van der Waals surface area contributed by atoms with Crippen LogP contribution in [0.15, 0.2) is 12.2 Å². The predicted molar refractivity (Wildman–Crippen MR) is 89.9 cm³/mol. The summed E-state index contributed by atoms with van der Waals surface area (Å²) in [5.41, 5.74) is 0. The van der Waals surface area contributed by atoms with Gasteiger partial charge in [0.1, 0.15) is 0 Å². The molecular weight excluding hydrogens is 358 g/mol. The number of ether oxygens (including phenoxy) is 2. The van der Waals surface area contributed by atoms with E-state index in [0.29, 0.717) is 31.3 Å². The highest BCUT2D eigenvalue weighted by molar-refractivity contribution is 6.18. The second kappa shape index (κ2) is 10.7. The van der Waals surface area contributed by atoms with Crippen molar-refractivity contribution in [3.05, 3.63) is 12.2 Å². The Labute approximate surface area is 156 Å². The highest BCUT2D eigenvalue weighted by atomic mass is 16.7. The Morgan fingerprint density at radius 3 is 2.11 bits per heavy atom. The Kier molecular flexibility index (Phi) is 8.28. The number of imide groups is 1. The van der Waals surface area contributed by atoms with Gasteiger partial charge in [0.2, 0.25) is 0 Å². The van der Waals surface area contributed by atoms with Crippen LogP contribution in [-0.4, -0.2) is 60.8 Å². The molecule has 2 aliphatic rings. The summed E-state index contributed by atoms with van der Waals surface area (Å²) in [5, 5.41) is 0.508. The average Bonchev–Trinajstić information content (AvgIpc) is 3.13. The molecule has 0 aromatic carbocycles. The fourth-order valence-corrected chi connectivity index (χ4v) is 2.66. The van der Waals surface area contributed by atoms with Crippen LogP contribution >= 0.6 is 0 Å². The maximum Gasteiger partial charge on any atom is 0.335 e. The van der Waals surface area contributed by atoms with Crippen molar-refractivity contribution in [2.75, 3.05) is 26.4 Å². The molecule has 9 nitrogen and oxygen atoms in total. The van der Waals surface area contributed by atoms with E-state index in [1.807, 2.05) is 0 Å². The zero-order valence-corrected chi connectivity index (χ0v) is 15.0. The standard InChI is InChI=1S/C18H23NO8/c20-14-4-5-15(21)13(14)3-1-2-9-25-11-12-26-10-8-18(24)27-19-16(22)6-7-17(19)23/h4-5,13H,1-3,6-12H2. The van der Waals surface area contributed by atoms with Crippen LogP contribution in [0.5, 0.6) is 0 Å². The summed E-state index contributed by atoms with van der Waals surface area (Å²) >= 11 is 0. The van der Waals surface area contributed by atoms with Gasteiger partial charge in [-0.15, -0.1) is 5.06 Å². The first-order valence-corrected chi connectivity index (χ1v) is 8.97. The van der Waals surface area contributed by atoms with Crippen LogP contribution in [0.25, 0.3) is 0 Å². The largest absolute Gasteiger partial charge is 0.379 e. The van der Waals surface area contributed by atoms with Gasteiger partial charge in [0, 0.05) is 19.4 Å². The maximum absolute atomic E-state index is 11.5. The van der Waals surface area contributed by atoms with Crippen molar-refractivity contribution in [1.82, 2.24) is 5.06 Å². The van der Waals surface area contributed by atoms with Gasteiger partial charge in [0.15, 0.2) is 11.6 Å². The first kappa shape index (κ1) is 20.9. The highest BCUT2D eigenvalue weighted by Gasteiger charge is 2.32. The monoisotopic (exact) mass is 381 g/mol. The van der Waals surface area contributed by atoms with Gasteiger partial charge < -0.3 is 14.3 Å². The fourth-order valence-electron chi connectivity index (χ4n) is 2.66. The van der Waals surface area contributed by atoms with Gasteiger partial charge in [0.25, 0.3) is 11.8 Å². The number of hydroxylamine groups is 2. The lowest BCUT2D eigenvalue weighted by atomic mass is 9.98. The van der Waals surface area contributed by atoms with Crippen molar-refractivity contribution in [2.45, 2.75) is 38.5 Å². The molecule has 0 aromatic rings. The molecule has 0 radical (unpaired) electrons. The Bertz CT molecular complexity index is 593. The van der Waals surface area contributed by atoms with Gasteiger partial charge in [0.05, 0.1) is 32.2 Å². The molecule has 0 aromatic heterocycles. The lowest BCUT2D eigenvalue weighted by Gasteiger charge is -2.12. The summed E-state index contributed by atoms with van der Waals surface area (Å²) in [6.07, 6.45) is 4.71. The summed E-state index contributed by atoms with van der Waals surface area (Å²) in [6, 6.07) is 0. The van der Waals surface area contributed by atoms with E-state index in [1.54, 1.807) is 0 Å². The molecule has 0 N–H and O–H groups in total. The molecule has 0 saturated carbocycles. The molecule has 1 fully saturated rings. The minimum absolute atomic E-state index is 0.0596. The first-order chi connectivity index (χ1) is 13.0. The molecule has 9 heteroatoms. The summed E-state index contributed by atoms with van der Waals surface area (Å²) in [5.74, 6) is -2.48. The van der Waals surface area contributed by atoms with Crippen LogP contribution < -0.4 is 0 Å². The zero-order valence-electron chi connectivity index (χ0n) is 15.0. The van der Waals surface area contributed by atoms with Gasteiger partial charge >= 0.3 is 5.97 Å². The van der Waals surface area contributed by atoms with Crippen LogP contribution in [-0.2, 0) is 38.3 Å². The summed E-state index contributed by atoms with van der Waals surface area (Å²) in [4.78, 5) is 61.6. The van der Waals surface area contributed by atoms with Gasteiger partial charge in [-0.2, -0.15) is 0 Å². The maximum atomic E-state index is 11.5. The lowest BCUT2D eigenvalue weighted by Crippen LogP contribution is -2.32. The van der Waals surface area contributed by atoms with E-state index in [9.17, 15) is 24.0 Å². The van der Waals surface area contributed by atoms with E-state index in [2.05, 4.69) is 0 Å². The van der Waals surface area contributed by atoms with E-state index < -0.39 is 23.7 Å². The van der Waals surface area contributed by atoms with Crippen molar-refractivity contribution in [2.24, 2.45) is 5.92 Å². The quantitative estimate of drug-likeness (QED) is 0.273. The fraction of sp³-hybridized carbons (Fsp3) is 0.611. The van der Waals surface area contributed by atoms with Crippen molar-refractivity contribution in [3.63, 3.8) is 0 Å². The molecule has 1 heterocycles. The third-order valence-corrected chi connectivity index (χ3v) is 4.15. The molecular formula is C18H23NO8. The van der Waals surface area contributed by atoms with E-state index in [-0.39, 0.29) is 37.4 Å². The van der Waals surface area contributed by atoms with Crippen molar-refractivity contribution < 1.29 is 38.3 Å². The summed E-state index contributed by atoms with van der Waals surface area (Å²) < 4.78 is 10.6. The number of ketones is 2. The third kappa shape index (κ3) is 6.69. The second-order valence-corrected chi connectivity index (χ2v) is 6.21. The Morgan fingerprint density at radius 1 is 0.889 bits per heavy atom. The molecule has 2 amide bonds. The molecule has 0 atom stereocenters. The van der Waals surface area contributed by atoms with Crippen LogP contribution in [0.1, 0.15) is 38.5 Å². The Morgan fingerprint density at radius 2 is 1.48 bits per heavy atom. The first-order valence-electron chi connectivity index (χ1n) is 8.97. The smallest absolute Gasteiger partial charge is 0.335 e. The van der Waals surface area contributed by atoms with E-state index in [0.717, 1.165) is 12.8 Å². The number of unbranched alkanes of at least 4 members (excludes halogenated alkanes) is 1. The lowest BCUT2D eigenvalue weighted by molar-refractivity contribution is -0.198. The highest BCUT2D eigenvalue weighted by Crippen LogP contribution is 2.17. The second-order valence-electron chi connectivity index (χ2n) is 6.21. The molecule has 0 spiro atoms. The van der Waals surface area contributed by atoms with E-state index in [1.165, 1.54) is 12.2 Å². The number of carbonyl (C=O) groups is 5. The minimum atomic E-state index is -0.704. The minimum Gasteiger partial charge on any atom is -0.379 e. The molecule has 1 saturated heterocycles. The number of carbonyl (C=O) groups excluding carboxylic acids is 5. The number of nitrogens with zero attached hydrogens (tertiary/aromatic N) is 1. The van der Waals surface area contributed by atoms with Gasteiger partial charge in [-0.3, -0.25) is 19.2 Å². The topological polar surface area (TPSA) is 116 Å². The zero-order chi connectivity index (χ0) is 19.6. The number of hydrogen-bond acceptors (Lipinski definition) is 8. The molecule has 0 bridgehead atoms. The number of rotatable bonds is 12. The molecule has 27 heavy (non-hydrogen) atoms. The van der Waals surface area contributed by atoms with Gasteiger partial charge in [-0.1, -0.05) is 0 Å². The number of amides is 2. The number of hydrogen-bond donors (Lipinski definition) is 0.